The lowest BCUT2D eigenvalue weighted by atomic mass is 9.86. The number of methoxy groups -OCH3 is 1. The monoisotopic (exact) mass is 264 g/mol. The van der Waals surface area contributed by atoms with E-state index in [2.05, 4.69) is 26.1 Å². The fourth-order valence-corrected chi connectivity index (χ4v) is 1.86. The first-order chi connectivity index (χ1) is 8.74. The molecule has 0 aliphatic carbocycles. The number of carbonyl (C=O) groups excluding carboxylic acids is 1. The number of ether oxygens (including phenoxy) is 1. The Morgan fingerprint density at radius 2 is 1.95 bits per heavy atom. The molecule has 106 valence electrons. The zero-order chi connectivity index (χ0) is 14.6. The zero-order valence-electron chi connectivity index (χ0n) is 12.7. The first-order valence-corrected chi connectivity index (χ1v) is 6.37. The van der Waals surface area contributed by atoms with Crippen LogP contribution in [0.4, 0.5) is 5.69 Å². The predicted molar refractivity (Wildman–Crippen MR) is 78.9 cm³/mol. The summed E-state index contributed by atoms with van der Waals surface area (Å²) in [4.78, 5) is 13.6. The van der Waals surface area contributed by atoms with Gasteiger partial charge in [-0.15, -0.1) is 0 Å². The summed E-state index contributed by atoms with van der Waals surface area (Å²) in [6, 6.07) is 5.74. The number of hydrogen-bond acceptors (Lipinski definition) is 3. The highest BCUT2D eigenvalue weighted by Crippen LogP contribution is 2.33. The Labute approximate surface area is 115 Å². The minimum Gasteiger partial charge on any atom is -0.496 e. The highest BCUT2D eigenvalue weighted by molar-refractivity contribution is 5.92. The largest absolute Gasteiger partial charge is 0.496 e. The number of anilines is 1. The molecule has 0 spiro atoms. The quantitative estimate of drug-likeness (QED) is 0.908. The molecule has 0 heterocycles. The molecule has 0 aliphatic heterocycles. The van der Waals surface area contributed by atoms with Gasteiger partial charge in [-0.1, -0.05) is 20.8 Å². The van der Waals surface area contributed by atoms with E-state index in [1.807, 2.05) is 37.2 Å². The molecule has 0 radical (unpaired) electrons. The summed E-state index contributed by atoms with van der Waals surface area (Å²) < 4.78 is 5.38. The second kappa shape index (κ2) is 6.06. The second-order valence-electron chi connectivity index (χ2n) is 5.95. The smallest absolute Gasteiger partial charge is 0.238 e. The van der Waals surface area contributed by atoms with E-state index in [0.717, 1.165) is 17.0 Å². The van der Waals surface area contributed by atoms with Gasteiger partial charge < -0.3 is 15.0 Å². The lowest BCUT2D eigenvalue weighted by Gasteiger charge is -2.23. The number of benzene rings is 1. The van der Waals surface area contributed by atoms with Gasteiger partial charge in [-0.25, -0.2) is 0 Å². The van der Waals surface area contributed by atoms with E-state index in [9.17, 15) is 4.79 Å². The molecule has 19 heavy (non-hydrogen) atoms. The van der Waals surface area contributed by atoms with Crippen LogP contribution in [0.5, 0.6) is 5.75 Å². The summed E-state index contributed by atoms with van der Waals surface area (Å²) in [5, 5.41) is 2.90. The Kier molecular flexibility index (Phi) is 4.95. The van der Waals surface area contributed by atoms with E-state index in [0.29, 0.717) is 6.54 Å². The molecule has 4 heteroatoms. The number of carbonyl (C=O) groups is 1. The number of nitrogens with zero attached hydrogens (tertiary/aromatic N) is 1. The standard InChI is InChI=1S/C15H24N2O2/c1-15(2,3)12-9-11(7-8-13(12)19-6)16-14(18)10-17(4)5/h7-9H,10H2,1-6H3,(H,16,18). The summed E-state index contributed by atoms with van der Waals surface area (Å²) >= 11 is 0. The number of nitrogens with one attached hydrogen (secondary N) is 1. The summed E-state index contributed by atoms with van der Waals surface area (Å²) in [5.74, 6) is 0.827. The third kappa shape index (κ3) is 4.56. The van der Waals surface area contributed by atoms with E-state index in [1.165, 1.54) is 0 Å². The van der Waals surface area contributed by atoms with Crippen LogP contribution in [0.2, 0.25) is 0 Å². The molecular formula is C15H24N2O2. The molecule has 0 saturated carbocycles. The van der Waals surface area contributed by atoms with Crippen molar-refractivity contribution in [2.75, 3.05) is 33.1 Å². The van der Waals surface area contributed by atoms with Crippen molar-refractivity contribution in [1.82, 2.24) is 4.90 Å². The van der Waals surface area contributed by atoms with Gasteiger partial charge in [0, 0.05) is 11.3 Å². The normalized spacial score (nSPS) is 11.5. The summed E-state index contributed by atoms with van der Waals surface area (Å²) in [7, 11) is 5.40. The van der Waals surface area contributed by atoms with Gasteiger partial charge in [-0.2, -0.15) is 0 Å². The van der Waals surface area contributed by atoms with Crippen LogP contribution in [0.1, 0.15) is 26.3 Å². The highest BCUT2D eigenvalue weighted by Gasteiger charge is 2.19. The first kappa shape index (κ1) is 15.5. The predicted octanol–water partition coefficient (Wildman–Crippen LogP) is 2.49. The first-order valence-electron chi connectivity index (χ1n) is 6.37. The molecule has 0 bridgehead atoms. The topological polar surface area (TPSA) is 41.6 Å². The lowest BCUT2D eigenvalue weighted by Crippen LogP contribution is -2.27. The third-order valence-corrected chi connectivity index (χ3v) is 2.75. The average molecular weight is 264 g/mol. The minimum absolute atomic E-state index is 0.0185. The molecule has 0 aliphatic rings. The Bertz CT molecular complexity index is 448. The average Bonchev–Trinajstić information content (AvgIpc) is 2.26. The highest BCUT2D eigenvalue weighted by atomic mass is 16.5. The number of rotatable bonds is 4. The molecule has 0 unspecified atom stereocenters. The molecule has 0 saturated heterocycles. The maximum Gasteiger partial charge on any atom is 0.238 e. The van der Waals surface area contributed by atoms with Crippen molar-refractivity contribution in [2.24, 2.45) is 0 Å². The fraction of sp³-hybridized carbons (Fsp3) is 0.533. The van der Waals surface area contributed by atoms with Crippen molar-refractivity contribution in [1.29, 1.82) is 0 Å². The van der Waals surface area contributed by atoms with Crippen molar-refractivity contribution in [3.63, 3.8) is 0 Å². The van der Waals surface area contributed by atoms with Crippen LogP contribution < -0.4 is 10.1 Å². The maximum absolute atomic E-state index is 11.8. The van der Waals surface area contributed by atoms with E-state index < -0.39 is 0 Å². The van der Waals surface area contributed by atoms with Gasteiger partial charge in [0.15, 0.2) is 0 Å². The lowest BCUT2D eigenvalue weighted by molar-refractivity contribution is -0.116. The second-order valence-corrected chi connectivity index (χ2v) is 5.95. The van der Waals surface area contributed by atoms with Gasteiger partial charge >= 0.3 is 0 Å². The van der Waals surface area contributed by atoms with Crippen molar-refractivity contribution < 1.29 is 9.53 Å². The van der Waals surface area contributed by atoms with Crippen molar-refractivity contribution in [2.45, 2.75) is 26.2 Å². The van der Waals surface area contributed by atoms with Crippen LogP contribution in [-0.2, 0) is 10.2 Å². The molecule has 0 atom stereocenters. The van der Waals surface area contributed by atoms with Crippen LogP contribution in [-0.4, -0.2) is 38.6 Å². The van der Waals surface area contributed by atoms with Crippen LogP contribution in [0.15, 0.2) is 18.2 Å². The van der Waals surface area contributed by atoms with Gasteiger partial charge in [0.05, 0.1) is 13.7 Å². The number of likely N-dealkylation sites (N-methyl/N-ethyl adjacent to an activating group) is 1. The van der Waals surface area contributed by atoms with Gasteiger partial charge in [0.25, 0.3) is 0 Å². The fourth-order valence-electron chi connectivity index (χ4n) is 1.86. The molecule has 1 aromatic carbocycles. The van der Waals surface area contributed by atoms with Crippen LogP contribution in [0.3, 0.4) is 0 Å². The van der Waals surface area contributed by atoms with Crippen molar-refractivity contribution in [3.05, 3.63) is 23.8 Å². The van der Waals surface area contributed by atoms with Gasteiger partial charge in [0.2, 0.25) is 5.91 Å². The molecule has 0 aromatic heterocycles. The SMILES string of the molecule is COc1ccc(NC(=O)CN(C)C)cc1C(C)(C)C. The number of amides is 1. The summed E-state index contributed by atoms with van der Waals surface area (Å²) in [5.41, 5.74) is 1.85. The van der Waals surface area contributed by atoms with E-state index in [-0.39, 0.29) is 11.3 Å². The van der Waals surface area contributed by atoms with Crippen LogP contribution in [0.25, 0.3) is 0 Å². The van der Waals surface area contributed by atoms with Gasteiger partial charge in [0.1, 0.15) is 5.75 Å². The van der Waals surface area contributed by atoms with Gasteiger partial charge in [-0.3, -0.25) is 4.79 Å². The van der Waals surface area contributed by atoms with Gasteiger partial charge in [-0.05, 0) is 37.7 Å². The molecular weight excluding hydrogens is 240 g/mol. The van der Waals surface area contributed by atoms with E-state index in [1.54, 1.807) is 7.11 Å². The molecule has 1 aromatic rings. The molecule has 1 rings (SSSR count). The van der Waals surface area contributed by atoms with E-state index in [4.69, 9.17) is 4.74 Å². The van der Waals surface area contributed by atoms with Crippen LogP contribution >= 0.6 is 0 Å². The summed E-state index contributed by atoms with van der Waals surface area (Å²) in [6.07, 6.45) is 0. The van der Waals surface area contributed by atoms with E-state index >= 15 is 0 Å². The molecule has 0 fully saturated rings. The Morgan fingerprint density at radius 3 is 2.42 bits per heavy atom. The van der Waals surface area contributed by atoms with Crippen LogP contribution in [0, 0.1) is 0 Å². The number of hydrogen-bond donors (Lipinski definition) is 1. The van der Waals surface area contributed by atoms with Crippen molar-refractivity contribution in [3.8, 4) is 5.75 Å². The maximum atomic E-state index is 11.8. The Balaban J connectivity index is 2.96. The Morgan fingerprint density at radius 1 is 1.32 bits per heavy atom. The zero-order valence-corrected chi connectivity index (χ0v) is 12.7. The van der Waals surface area contributed by atoms with Crippen molar-refractivity contribution >= 4 is 11.6 Å². The molecule has 4 nitrogen and oxygen atoms in total. The molecule has 1 N–H and O–H groups in total. The summed E-state index contributed by atoms with van der Waals surface area (Å²) in [6.45, 7) is 6.74. The Hall–Kier alpha value is -1.55. The minimum atomic E-state index is -0.0341. The molecule has 1 amide bonds. The third-order valence-electron chi connectivity index (χ3n) is 2.75.